The maximum absolute atomic E-state index is 13.2. The van der Waals surface area contributed by atoms with Gasteiger partial charge in [-0.2, -0.15) is 0 Å². The van der Waals surface area contributed by atoms with Crippen molar-refractivity contribution in [3.8, 4) is 0 Å². The monoisotopic (exact) mass is 380 g/mol. The van der Waals surface area contributed by atoms with Gasteiger partial charge in [-0.1, -0.05) is 42.5 Å². The van der Waals surface area contributed by atoms with Crippen molar-refractivity contribution in [1.29, 1.82) is 0 Å². The van der Waals surface area contributed by atoms with Gasteiger partial charge in [0.05, 0.1) is 17.1 Å². The maximum atomic E-state index is 13.2. The van der Waals surface area contributed by atoms with Crippen molar-refractivity contribution in [2.45, 2.75) is 46.0 Å². The maximum Gasteiger partial charge on any atom is 0.243 e. The van der Waals surface area contributed by atoms with E-state index in [2.05, 4.69) is 10.3 Å². The lowest BCUT2D eigenvalue weighted by molar-refractivity contribution is -0.134. The summed E-state index contributed by atoms with van der Waals surface area (Å²) in [5, 5.41) is 12.8. The first kappa shape index (κ1) is 19.9. The second-order valence-electron chi connectivity index (χ2n) is 7.34. The fourth-order valence-corrected chi connectivity index (χ4v) is 3.17. The summed E-state index contributed by atoms with van der Waals surface area (Å²) in [6, 6.07) is 17.8. The molecule has 1 heterocycles. The van der Waals surface area contributed by atoms with E-state index in [1.165, 1.54) is 0 Å². The Bertz CT molecular complexity index is 919. The minimum Gasteiger partial charge on any atom is -0.392 e. The third kappa shape index (κ3) is 4.70. The Morgan fingerprint density at radius 3 is 2.46 bits per heavy atom. The Labute approximate surface area is 165 Å². The Kier molecular flexibility index (Phi) is 6.31. The van der Waals surface area contributed by atoms with Crippen LogP contribution in [0.4, 0.5) is 5.95 Å². The number of amides is 1. The largest absolute Gasteiger partial charge is 0.392 e. The van der Waals surface area contributed by atoms with Crippen molar-refractivity contribution in [1.82, 2.24) is 14.5 Å². The molecule has 0 saturated heterocycles. The summed E-state index contributed by atoms with van der Waals surface area (Å²) in [5.41, 5.74) is 2.82. The van der Waals surface area contributed by atoms with Crippen LogP contribution in [0.1, 0.15) is 26.3 Å². The van der Waals surface area contributed by atoms with Gasteiger partial charge < -0.3 is 19.9 Å². The normalized spacial score (nSPS) is 12.3. The molecule has 1 atom stereocenters. The molecule has 2 aromatic carbocycles. The molecule has 0 spiro atoms. The smallest absolute Gasteiger partial charge is 0.243 e. The van der Waals surface area contributed by atoms with Crippen molar-refractivity contribution in [2.24, 2.45) is 0 Å². The molecule has 0 fully saturated rings. The molecule has 0 aliphatic heterocycles. The van der Waals surface area contributed by atoms with E-state index in [1.807, 2.05) is 77.9 Å². The Morgan fingerprint density at radius 1 is 1.11 bits per heavy atom. The number of hydrogen-bond donors (Lipinski definition) is 2. The average molecular weight is 380 g/mol. The number of aliphatic hydroxyl groups is 1. The van der Waals surface area contributed by atoms with Crippen molar-refractivity contribution >= 4 is 22.9 Å². The molecule has 3 rings (SSSR count). The van der Waals surface area contributed by atoms with Gasteiger partial charge in [0.15, 0.2) is 0 Å². The van der Waals surface area contributed by atoms with Crippen LogP contribution in [-0.4, -0.2) is 44.2 Å². The molecule has 148 valence electrons. The Morgan fingerprint density at radius 2 is 1.79 bits per heavy atom. The topological polar surface area (TPSA) is 70.4 Å². The van der Waals surface area contributed by atoms with Crippen LogP contribution < -0.4 is 5.32 Å². The van der Waals surface area contributed by atoms with Gasteiger partial charge >= 0.3 is 0 Å². The van der Waals surface area contributed by atoms with Crippen LogP contribution in [0.25, 0.3) is 11.0 Å². The minimum absolute atomic E-state index is 0.0297. The lowest BCUT2D eigenvalue weighted by Crippen LogP contribution is -2.38. The molecule has 1 amide bonds. The van der Waals surface area contributed by atoms with Crippen LogP contribution in [-0.2, 0) is 17.9 Å². The molecule has 0 aliphatic carbocycles. The number of nitrogens with one attached hydrogen (secondary N) is 1. The predicted octanol–water partition coefficient (Wildman–Crippen LogP) is 3.27. The molecule has 2 N–H and O–H groups in total. The van der Waals surface area contributed by atoms with Crippen LogP contribution in [0.15, 0.2) is 54.6 Å². The van der Waals surface area contributed by atoms with Crippen LogP contribution in [0.3, 0.4) is 0 Å². The van der Waals surface area contributed by atoms with Crippen LogP contribution in [0.5, 0.6) is 0 Å². The molecule has 0 radical (unpaired) electrons. The number of imidazole rings is 1. The van der Waals surface area contributed by atoms with Gasteiger partial charge in [-0.25, -0.2) is 4.98 Å². The number of benzene rings is 2. The summed E-state index contributed by atoms with van der Waals surface area (Å²) in [4.78, 5) is 19.7. The molecule has 6 heteroatoms. The van der Waals surface area contributed by atoms with Gasteiger partial charge in [0.25, 0.3) is 0 Å². The number of carbonyl (C=O) groups excluding carboxylic acids is 1. The lowest BCUT2D eigenvalue weighted by Gasteiger charge is -2.27. The highest BCUT2D eigenvalue weighted by atomic mass is 16.3. The highest BCUT2D eigenvalue weighted by Crippen LogP contribution is 2.20. The third-order valence-electron chi connectivity index (χ3n) is 4.64. The molecule has 3 aromatic rings. The van der Waals surface area contributed by atoms with E-state index in [1.54, 1.807) is 6.92 Å². The van der Waals surface area contributed by atoms with Crippen LogP contribution in [0.2, 0.25) is 0 Å². The van der Waals surface area contributed by atoms with E-state index in [-0.39, 0.29) is 18.5 Å². The zero-order valence-electron chi connectivity index (χ0n) is 16.7. The van der Waals surface area contributed by atoms with E-state index in [0.29, 0.717) is 19.0 Å². The summed E-state index contributed by atoms with van der Waals surface area (Å²) in [5.74, 6) is 0.626. The van der Waals surface area contributed by atoms with E-state index < -0.39 is 6.10 Å². The number of aromatic nitrogens is 2. The highest BCUT2D eigenvalue weighted by Gasteiger charge is 2.21. The minimum atomic E-state index is -0.505. The predicted molar refractivity (Wildman–Crippen MR) is 112 cm³/mol. The number of hydrogen-bond acceptors (Lipinski definition) is 4. The van der Waals surface area contributed by atoms with E-state index in [9.17, 15) is 9.90 Å². The van der Waals surface area contributed by atoms with Gasteiger partial charge in [-0.15, -0.1) is 0 Å². The van der Waals surface area contributed by atoms with Crippen molar-refractivity contribution in [2.75, 3.05) is 11.9 Å². The fourth-order valence-electron chi connectivity index (χ4n) is 3.17. The summed E-state index contributed by atoms with van der Waals surface area (Å²) >= 11 is 0. The second kappa shape index (κ2) is 8.89. The summed E-state index contributed by atoms with van der Waals surface area (Å²) in [7, 11) is 0. The van der Waals surface area contributed by atoms with Gasteiger partial charge in [0.2, 0.25) is 11.9 Å². The van der Waals surface area contributed by atoms with Crippen LogP contribution in [0, 0.1) is 0 Å². The number of para-hydroxylation sites is 2. The average Bonchev–Trinajstić information content (AvgIpc) is 3.02. The molecular formula is C22H28N4O2. The number of fused-ring (bicyclic) bond motifs is 1. The number of aliphatic hydroxyl groups excluding tert-OH is 1. The summed E-state index contributed by atoms with van der Waals surface area (Å²) in [6.45, 7) is 6.90. The van der Waals surface area contributed by atoms with Gasteiger partial charge in [-0.3, -0.25) is 4.79 Å². The molecule has 0 unspecified atom stereocenters. The fraction of sp³-hybridized carbons (Fsp3) is 0.364. The zero-order valence-corrected chi connectivity index (χ0v) is 16.7. The van der Waals surface area contributed by atoms with Crippen molar-refractivity contribution in [3.63, 3.8) is 0 Å². The molecule has 6 nitrogen and oxygen atoms in total. The van der Waals surface area contributed by atoms with Crippen molar-refractivity contribution in [3.05, 3.63) is 60.2 Å². The number of nitrogens with zero attached hydrogens (tertiary/aromatic N) is 3. The third-order valence-corrected chi connectivity index (χ3v) is 4.64. The first-order valence-corrected chi connectivity index (χ1v) is 9.66. The first-order chi connectivity index (χ1) is 13.5. The molecule has 1 aromatic heterocycles. The van der Waals surface area contributed by atoms with E-state index in [4.69, 9.17) is 0 Å². The number of anilines is 1. The van der Waals surface area contributed by atoms with Crippen LogP contribution >= 0.6 is 0 Å². The molecule has 0 bridgehead atoms. The molecule has 0 aliphatic rings. The second-order valence-corrected chi connectivity index (χ2v) is 7.34. The van der Waals surface area contributed by atoms with Crippen molar-refractivity contribution < 1.29 is 9.90 Å². The molecular weight excluding hydrogens is 352 g/mol. The van der Waals surface area contributed by atoms with Gasteiger partial charge in [0, 0.05) is 19.1 Å². The highest BCUT2D eigenvalue weighted by molar-refractivity contribution is 5.83. The quantitative estimate of drug-likeness (QED) is 0.629. The number of carbonyl (C=O) groups is 1. The van der Waals surface area contributed by atoms with E-state index >= 15 is 0 Å². The molecule has 0 saturated carbocycles. The van der Waals surface area contributed by atoms with Gasteiger partial charge in [-0.05, 0) is 38.5 Å². The summed E-state index contributed by atoms with van der Waals surface area (Å²) in [6.07, 6.45) is -0.505. The standard InChI is InChI=1S/C22H28N4O2/c1-16(2)25(14-18-9-5-4-6-10-18)21(28)15-26-20-12-8-7-11-19(20)24-22(26)23-13-17(3)27/h4-12,16-17,27H,13-15H2,1-3H3,(H,23,24)/t17-/m1/s1. The van der Waals surface area contributed by atoms with Gasteiger partial charge in [0.1, 0.15) is 6.54 Å². The Hall–Kier alpha value is -2.86. The molecule has 28 heavy (non-hydrogen) atoms. The number of rotatable bonds is 8. The first-order valence-electron chi connectivity index (χ1n) is 9.66. The SMILES string of the molecule is CC(C)N(Cc1ccccc1)C(=O)Cn1c(NC[C@@H](C)O)nc2ccccc21. The summed E-state index contributed by atoms with van der Waals surface area (Å²) < 4.78 is 1.89. The Balaban J connectivity index is 1.86. The van der Waals surface area contributed by atoms with E-state index in [0.717, 1.165) is 16.6 Å². The zero-order chi connectivity index (χ0) is 20.1. The lowest BCUT2D eigenvalue weighted by atomic mass is 10.2.